The molecule has 1 heterocycles. The lowest BCUT2D eigenvalue weighted by molar-refractivity contribution is 0.198. The van der Waals surface area contributed by atoms with E-state index in [0.717, 1.165) is 24.1 Å². The summed E-state index contributed by atoms with van der Waals surface area (Å²) < 4.78 is 2.19. The maximum absolute atomic E-state index is 4.60. The first-order valence-electron chi connectivity index (χ1n) is 8.38. The number of rotatable bonds is 6. The lowest BCUT2D eigenvalue weighted by Crippen LogP contribution is -2.40. The molecule has 0 saturated heterocycles. The van der Waals surface area contributed by atoms with Gasteiger partial charge >= 0.3 is 0 Å². The molecule has 1 aromatic heterocycles. The van der Waals surface area contributed by atoms with Gasteiger partial charge < -0.3 is 5.32 Å². The summed E-state index contributed by atoms with van der Waals surface area (Å²) in [6.45, 7) is 7.59. The Labute approximate surface area is 124 Å². The summed E-state index contributed by atoms with van der Waals surface area (Å²) in [5, 5.41) is 8.15. The number of hydrogen-bond acceptors (Lipinski definition) is 2. The molecule has 3 atom stereocenters. The standard InChI is InChI=1S/C17H31N3/c1-5-7-14-8-9-17(18-4)15(11-14)12-16-10-13(3)19-20(16)6-2/h10,14-15,17-18H,5-9,11-12H2,1-4H3. The third-order valence-electron chi connectivity index (χ3n) is 4.92. The Bertz CT molecular complexity index is 410. The number of nitrogens with one attached hydrogen (secondary N) is 1. The van der Waals surface area contributed by atoms with Gasteiger partial charge in [-0.05, 0) is 64.5 Å². The molecule has 20 heavy (non-hydrogen) atoms. The maximum Gasteiger partial charge on any atom is 0.0596 e. The van der Waals surface area contributed by atoms with Gasteiger partial charge in [-0.15, -0.1) is 0 Å². The first-order valence-corrected chi connectivity index (χ1v) is 8.38. The quantitative estimate of drug-likeness (QED) is 0.861. The Morgan fingerprint density at radius 3 is 2.80 bits per heavy atom. The van der Waals surface area contributed by atoms with E-state index in [-0.39, 0.29) is 0 Å². The summed E-state index contributed by atoms with van der Waals surface area (Å²) in [6.07, 6.45) is 8.04. The van der Waals surface area contributed by atoms with Crippen molar-refractivity contribution in [1.29, 1.82) is 0 Å². The summed E-state index contributed by atoms with van der Waals surface area (Å²) in [4.78, 5) is 0. The minimum Gasteiger partial charge on any atom is -0.317 e. The molecule has 3 unspecified atom stereocenters. The fourth-order valence-corrected chi connectivity index (χ4v) is 3.94. The number of aryl methyl sites for hydroxylation is 2. The fourth-order valence-electron chi connectivity index (χ4n) is 3.94. The van der Waals surface area contributed by atoms with Crippen molar-refractivity contribution in [2.24, 2.45) is 11.8 Å². The van der Waals surface area contributed by atoms with Crippen LogP contribution in [0.2, 0.25) is 0 Å². The van der Waals surface area contributed by atoms with Crippen LogP contribution in [-0.2, 0) is 13.0 Å². The highest BCUT2D eigenvalue weighted by Gasteiger charge is 2.29. The third kappa shape index (κ3) is 3.63. The van der Waals surface area contributed by atoms with Gasteiger partial charge in [0.15, 0.2) is 0 Å². The van der Waals surface area contributed by atoms with Gasteiger partial charge in [0, 0.05) is 18.3 Å². The Morgan fingerprint density at radius 1 is 1.35 bits per heavy atom. The van der Waals surface area contributed by atoms with E-state index in [1.807, 2.05) is 0 Å². The summed E-state index contributed by atoms with van der Waals surface area (Å²) in [5.74, 6) is 1.71. The molecule has 0 spiro atoms. The van der Waals surface area contributed by atoms with Gasteiger partial charge in [-0.25, -0.2) is 0 Å². The molecule has 114 valence electrons. The lowest BCUT2D eigenvalue weighted by atomic mass is 9.74. The predicted octanol–water partition coefficient (Wildman–Crippen LogP) is 3.56. The van der Waals surface area contributed by atoms with Crippen molar-refractivity contribution in [3.05, 3.63) is 17.5 Å². The second-order valence-electron chi connectivity index (χ2n) is 6.42. The Balaban J connectivity index is 2.06. The van der Waals surface area contributed by atoms with Crippen molar-refractivity contribution in [3.63, 3.8) is 0 Å². The molecule has 1 aromatic rings. The van der Waals surface area contributed by atoms with Crippen molar-refractivity contribution in [2.75, 3.05) is 7.05 Å². The zero-order valence-electron chi connectivity index (χ0n) is 13.7. The largest absolute Gasteiger partial charge is 0.317 e. The molecule has 1 aliphatic carbocycles. The van der Waals surface area contributed by atoms with Crippen molar-refractivity contribution in [3.8, 4) is 0 Å². The van der Waals surface area contributed by atoms with Crippen LogP contribution in [0.5, 0.6) is 0 Å². The van der Waals surface area contributed by atoms with Crippen molar-refractivity contribution in [2.45, 2.75) is 71.9 Å². The first-order chi connectivity index (χ1) is 9.67. The molecular formula is C17H31N3. The molecule has 1 aliphatic rings. The normalized spacial score (nSPS) is 26.9. The van der Waals surface area contributed by atoms with Crippen LogP contribution in [0, 0.1) is 18.8 Å². The predicted molar refractivity (Wildman–Crippen MR) is 84.9 cm³/mol. The summed E-state index contributed by atoms with van der Waals surface area (Å²) in [6, 6.07) is 2.96. The molecule has 3 heteroatoms. The highest BCUT2D eigenvalue weighted by molar-refractivity contribution is 5.10. The Hall–Kier alpha value is -0.830. The maximum atomic E-state index is 4.60. The summed E-state index contributed by atoms with van der Waals surface area (Å²) >= 11 is 0. The van der Waals surface area contributed by atoms with Gasteiger partial charge in [0.2, 0.25) is 0 Å². The van der Waals surface area contributed by atoms with Crippen LogP contribution in [0.15, 0.2) is 6.07 Å². The molecular weight excluding hydrogens is 246 g/mol. The SMILES string of the molecule is CCCC1CCC(NC)C(Cc2cc(C)nn2CC)C1. The Kier molecular flexibility index (Phi) is 5.64. The highest BCUT2D eigenvalue weighted by atomic mass is 15.3. The number of hydrogen-bond donors (Lipinski definition) is 1. The first kappa shape index (κ1) is 15.6. The topological polar surface area (TPSA) is 29.9 Å². The van der Waals surface area contributed by atoms with Crippen LogP contribution in [0.4, 0.5) is 0 Å². The highest BCUT2D eigenvalue weighted by Crippen LogP contribution is 2.34. The molecule has 0 bridgehead atoms. The van der Waals surface area contributed by atoms with E-state index in [1.54, 1.807) is 0 Å². The van der Waals surface area contributed by atoms with Crippen molar-refractivity contribution < 1.29 is 0 Å². The number of aromatic nitrogens is 2. The van der Waals surface area contributed by atoms with E-state index in [1.165, 1.54) is 44.2 Å². The fraction of sp³-hybridized carbons (Fsp3) is 0.824. The van der Waals surface area contributed by atoms with Gasteiger partial charge in [-0.1, -0.05) is 19.8 Å². The molecule has 1 saturated carbocycles. The van der Waals surface area contributed by atoms with Gasteiger partial charge in [0.05, 0.1) is 5.69 Å². The smallest absolute Gasteiger partial charge is 0.0596 e. The van der Waals surface area contributed by atoms with Gasteiger partial charge in [-0.2, -0.15) is 5.10 Å². The molecule has 3 nitrogen and oxygen atoms in total. The van der Waals surface area contributed by atoms with Gasteiger partial charge in [0.25, 0.3) is 0 Å². The number of nitrogens with zero attached hydrogens (tertiary/aromatic N) is 2. The van der Waals surface area contributed by atoms with E-state index in [2.05, 4.69) is 49.0 Å². The molecule has 0 aliphatic heterocycles. The van der Waals surface area contributed by atoms with Crippen LogP contribution in [0.25, 0.3) is 0 Å². The molecule has 0 radical (unpaired) electrons. The Morgan fingerprint density at radius 2 is 2.15 bits per heavy atom. The van der Waals surface area contributed by atoms with Crippen LogP contribution >= 0.6 is 0 Å². The average molecular weight is 277 g/mol. The molecule has 0 amide bonds. The van der Waals surface area contributed by atoms with Crippen LogP contribution in [-0.4, -0.2) is 22.9 Å². The second-order valence-corrected chi connectivity index (χ2v) is 6.42. The summed E-state index contributed by atoms with van der Waals surface area (Å²) in [7, 11) is 2.13. The summed E-state index contributed by atoms with van der Waals surface area (Å²) in [5.41, 5.74) is 2.58. The van der Waals surface area contributed by atoms with Crippen LogP contribution in [0.1, 0.15) is 57.3 Å². The minimum absolute atomic E-state index is 0.684. The monoisotopic (exact) mass is 277 g/mol. The van der Waals surface area contributed by atoms with E-state index in [4.69, 9.17) is 0 Å². The van der Waals surface area contributed by atoms with E-state index in [0.29, 0.717) is 6.04 Å². The molecule has 2 rings (SSSR count). The zero-order valence-corrected chi connectivity index (χ0v) is 13.7. The zero-order chi connectivity index (χ0) is 14.5. The van der Waals surface area contributed by atoms with Gasteiger partial charge in [0.1, 0.15) is 0 Å². The third-order valence-corrected chi connectivity index (χ3v) is 4.92. The van der Waals surface area contributed by atoms with Crippen molar-refractivity contribution in [1.82, 2.24) is 15.1 Å². The molecule has 1 fully saturated rings. The van der Waals surface area contributed by atoms with E-state index < -0.39 is 0 Å². The van der Waals surface area contributed by atoms with Crippen LogP contribution in [0.3, 0.4) is 0 Å². The van der Waals surface area contributed by atoms with E-state index in [9.17, 15) is 0 Å². The van der Waals surface area contributed by atoms with Gasteiger partial charge in [-0.3, -0.25) is 4.68 Å². The lowest BCUT2D eigenvalue weighted by Gasteiger charge is -2.36. The minimum atomic E-state index is 0.684. The van der Waals surface area contributed by atoms with Crippen LogP contribution < -0.4 is 5.32 Å². The molecule has 1 N–H and O–H groups in total. The van der Waals surface area contributed by atoms with E-state index >= 15 is 0 Å². The molecule has 0 aromatic carbocycles. The average Bonchev–Trinajstić information content (AvgIpc) is 2.79. The van der Waals surface area contributed by atoms with Crippen molar-refractivity contribution >= 4 is 0 Å². The second kappa shape index (κ2) is 7.26.